The largest absolute Gasteiger partial charge is 0.450 e. The van der Waals surface area contributed by atoms with E-state index in [4.69, 9.17) is 30.6 Å². The van der Waals surface area contributed by atoms with E-state index in [1.807, 2.05) is 12.4 Å². The summed E-state index contributed by atoms with van der Waals surface area (Å²) in [6, 6.07) is 0. The third-order valence-corrected chi connectivity index (χ3v) is 16.1. The molecule has 0 aliphatic heterocycles. The Hall–Kier alpha value is -2.20. The summed E-state index contributed by atoms with van der Waals surface area (Å²) >= 11 is 0. The van der Waals surface area contributed by atoms with E-state index in [1.165, 1.54) is 64.2 Å². The molecular formula is C44H74N4O6. The van der Waals surface area contributed by atoms with Gasteiger partial charge in [0.1, 0.15) is 24.4 Å². The van der Waals surface area contributed by atoms with Gasteiger partial charge in [0.2, 0.25) is 0 Å². The molecular weight excluding hydrogens is 681 g/mol. The maximum absolute atomic E-state index is 14.3. The molecule has 0 unspecified atom stereocenters. The number of carbonyl (C=O) groups excluding carboxylic acids is 2. The van der Waals surface area contributed by atoms with Crippen LogP contribution in [0.15, 0.2) is 10.3 Å². The molecule has 0 amide bonds. The summed E-state index contributed by atoms with van der Waals surface area (Å²) in [6.45, 7) is 6.92. The second-order valence-corrected chi connectivity index (χ2v) is 18.9. The third kappa shape index (κ3) is 8.84. The van der Waals surface area contributed by atoms with E-state index in [-0.39, 0.29) is 22.7 Å². The van der Waals surface area contributed by atoms with E-state index in [2.05, 4.69) is 24.2 Å². The number of oxime groups is 2. The van der Waals surface area contributed by atoms with Gasteiger partial charge in [0.15, 0.2) is 0 Å². The van der Waals surface area contributed by atoms with E-state index >= 15 is 0 Å². The predicted octanol–water partition coefficient (Wildman–Crippen LogP) is 8.63. The second kappa shape index (κ2) is 18.8. The number of nitrogens with zero attached hydrogens (tertiary/aromatic N) is 2. The Labute approximate surface area is 326 Å². The minimum absolute atomic E-state index is 0.104. The van der Waals surface area contributed by atoms with E-state index < -0.39 is 23.1 Å². The Morgan fingerprint density at radius 3 is 1.35 bits per heavy atom. The zero-order valence-corrected chi connectivity index (χ0v) is 33.9. The topological polar surface area (TPSA) is 148 Å². The van der Waals surface area contributed by atoms with Crippen LogP contribution in [0.5, 0.6) is 0 Å². The van der Waals surface area contributed by atoms with Crippen molar-refractivity contribution in [3.05, 3.63) is 0 Å². The standard InChI is InChI=1S/C44H74N4O6/c1-41-21-17-35(33-13-5-3-6-14-33)29-43(41,23-19-37(41)31-47-51-27-11-9-25-45)53-39(49)40(50)54-44-24-20-38(32-48-52-28-12-10-26-46)42(44,2)22-18-36(30-44)34-15-7-4-8-16-34/h31-38H,3-30,45-46H2,1-2H3/t35-,36-,37+,38+,41+,42+,43-,44-/m0/s1. The first-order valence-electron chi connectivity index (χ1n) is 22.4. The Morgan fingerprint density at radius 1 is 0.556 bits per heavy atom. The molecule has 0 bridgehead atoms. The predicted molar refractivity (Wildman–Crippen MR) is 213 cm³/mol. The van der Waals surface area contributed by atoms with Crippen LogP contribution in [0.25, 0.3) is 0 Å². The summed E-state index contributed by atoms with van der Waals surface area (Å²) in [7, 11) is 0. The van der Waals surface area contributed by atoms with Crippen LogP contribution in [0.3, 0.4) is 0 Å². The first-order chi connectivity index (χ1) is 26.2. The van der Waals surface area contributed by atoms with Crippen molar-refractivity contribution in [2.45, 2.75) is 179 Å². The van der Waals surface area contributed by atoms with E-state index in [0.29, 0.717) is 50.0 Å². The Kier molecular flexibility index (Phi) is 14.4. The molecule has 6 fully saturated rings. The summed E-state index contributed by atoms with van der Waals surface area (Å²) in [5.41, 5.74) is 9.18. The molecule has 306 valence electrons. The molecule has 0 spiro atoms. The summed E-state index contributed by atoms with van der Waals surface area (Å²) in [5, 5.41) is 8.81. The van der Waals surface area contributed by atoms with Gasteiger partial charge in [0, 0.05) is 35.1 Å². The fourth-order valence-corrected chi connectivity index (χ4v) is 12.5. The molecule has 54 heavy (non-hydrogen) atoms. The fourth-order valence-electron chi connectivity index (χ4n) is 12.5. The number of rotatable bonds is 16. The van der Waals surface area contributed by atoms with Gasteiger partial charge in [0.25, 0.3) is 0 Å². The molecule has 4 N–H and O–H groups in total. The average Bonchev–Trinajstić information content (AvgIpc) is 3.63. The fraction of sp³-hybridized carbons (Fsp3) is 0.909. The number of fused-ring (bicyclic) bond motifs is 2. The van der Waals surface area contributed by atoms with Crippen molar-refractivity contribution in [1.82, 2.24) is 0 Å². The SMILES string of the molecule is C[C@]12CC[C@H](C3CCCCC3)C[C@@]1(OC(=O)C(=O)O[C@]13CC[C@H](C=NOCCCCN)[C@@]1(C)CC[C@H](C1CCCCC1)C3)CC[C@@H]2C=NOCCCCN. The highest BCUT2D eigenvalue weighted by molar-refractivity contribution is 6.30. The number of unbranched alkanes of at least 4 members (excludes halogenated alkanes) is 2. The molecule has 10 heteroatoms. The van der Waals surface area contributed by atoms with Gasteiger partial charge in [-0.25, -0.2) is 9.59 Å². The van der Waals surface area contributed by atoms with Gasteiger partial charge < -0.3 is 30.6 Å². The molecule has 10 nitrogen and oxygen atoms in total. The smallest absolute Gasteiger partial charge is 0.418 e. The number of carbonyl (C=O) groups is 2. The molecule has 0 saturated heterocycles. The molecule has 6 aliphatic rings. The maximum atomic E-state index is 14.3. The quantitative estimate of drug-likeness (QED) is 0.0523. The summed E-state index contributed by atoms with van der Waals surface area (Å²) in [4.78, 5) is 40.0. The van der Waals surface area contributed by atoms with Crippen LogP contribution in [0, 0.1) is 46.3 Å². The molecule has 6 saturated carbocycles. The lowest BCUT2D eigenvalue weighted by atomic mass is 9.57. The molecule has 0 aromatic heterocycles. The van der Waals surface area contributed by atoms with Crippen molar-refractivity contribution in [3.63, 3.8) is 0 Å². The average molecular weight is 755 g/mol. The van der Waals surface area contributed by atoms with Crippen molar-refractivity contribution in [2.24, 2.45) is 68.1 Å². The molecule has 0 heterocycles. The normalized spacial score (nSPS) is 37.6. The van der Waals surface area contributed by atoms with Crippen molar-refractivity contribution in [1.29, 1.82) is 0 Å². The highest BCUT2D eigenvalue weighted by Gasteiger charge is 2.65. The first kappa shape index (κ1) is 41.4. The zero-order chi connectivity index (χ0) is 38.1. The van der Waals surface area contributed by atoms with E-state index in [0.717, 1.165) is 89.9 Å². The minimum atomic E-state index is -0.807. The lowest BCUT2D eigenvalue weighted by Gasteiger charge is -2.53. The Morgan fingerprint density at radius 2 is 0.963 bits per heavy atom. The van der Waals surface area contributed by atoms with Crippen molar-refractivity contribution >= 4 is 24.4 Å². The van der Waals surface area contributed by atoms with Gasteiger partial charge in [0.05, 0.1) is 0 Å². The lowest BCUT2D eigenvalue weighted by molar-refractivity contribution is -0.210. The molecule has 0 radical (unpaired) electrons. The third-order valence-electron chi connectivity index (χ3n) is 16.1. The number of nitrogens with two attached hydrogens (primary N) is 2. The van der Waals surface area contributed by atoms with Gasteiger partial charge >= 0.3 is 11.9 Å². The van der Waals surface area contributed by atoms with Gasteiger partial charge in [-0.05, 0) is 127 Å². The minimum Gasteiger partial charge on any atom is -0.450 e. The monoisotopic (exact) mass is 755 g/mol. The number of esters is 2. The van der Waals surface area contributed by atoms with Crippen LogP contribution in [0.1, 0.15) is 168 Å². The van der Waals surface area contributed by atoms with Crippen LogP contribution in [0.2, 0.25) is 0 Å². The van der Waals surface area contributed by atoms with Crippen molar-refractivity contribution in [2.75, 3.05) is 26.3 Å². The van der Waals surface area contributed by atoms with Crippen molar-refractivity contribution in [3.8, 4) is 0 Å². The van der Waals surface area contributed by atoms with Crippen molar-refractivity contribution < 1.29 is 28.7 Å². The number of hydrogen-bond acceptors (Lipinski definition) is 10. The van der Waals surface area contributed by atoms with Crippen LogP contribution >= 0.6 is 0 Å². The van der Waals surface area contributed by atoms with Crippen LogP contribution < -0.4 is 11.5 Å². The Bertz CT molecular complexity index is 1190. The molecule has 0 aromatic rings. The van der Waals surface area contributed by atoms with E-state index in [9.17, 15) is 9.59 Å². The molecule has 6 rings (SSSR count). The summed E-state index contributed by atoms with van der Waals surface area (Å²) < 4.78 is 13.4. The number of hydrogen-bond donors (Lipinski definition) is 2. The van der Waals surface area contributed by atoms with Gasteiger partial charge in [-0.3, -0.25) is 0 Å². The Balaban J connectivity index is 1.20. The highest BCUT2D eigenvalue weighted by Crippen LogP contribution is 2.64. The van der Waals surface area contributed by atoms with Crippen LogP contribution in [-0.2, 0) is 28.7 Å². The second-order valence-electron chi connectivity index (χ2n) is 18.9. The lowest BCUT2D eigenvalue weighted by Crippen LogP contribution is -2.56. The maximum Gasteiger partial charge on any atom is 0.418 e. The number of ether oxygens (including phenoxy) is 2. The van der Waals surface area contributed by atoms with Crippen LogP contribution in [0.4, 0.5) is 0 Å². The molecule has 6 aliphatic carbocycles. The van der Waals surface area contributed by atoms with Gasteiger partial charge in [-0.15, -0.1) is 0 Å². The van der Waals surface area contributed by atoms with Gasteiger partial charge in [-0.2, -0.15) is 0 Å². The summed E-state index contributed by atoms with van der Waals surface area (Å²) in [6.07, 6.45) is 29.2. The highest BCUT2D eigenvalue weighted by atomic mass is 16.6. The molecule has 8 atom stereocenters. The molecule has 0 aromatic carbocycles. The summed E-state index contributed by atoms with van der Waals surface area (Å²) in [5.74, 6) is 0.896. The van der Waals surface area contributed by atoms with Crippen LogP contribution in [-0.4, -0.2) is 61.9 Å². The van der Waals surface area contributed by atoms with E-state index in [1.54, 1.807) is 0 Å². The first-order valence-corrected chi connectivity index (χ1v) is 22.4. The van der Waals surface area contributed by atoms with Gasteiger partial charge in [-0.1, -0.05) is 88.4 Å². The zero-order valence-electron chi connectivity index (χ0n) is 33.9.